The average Bonchev–Trinajstić information content (AvgIpc) is 2.83. The first-order chi connectivity index (χ1) is 15.2. The smallest absolute Gasteiger partial charge is 0.254 e. The zero-order chi connectivity index (χ0) is 21.2. The molecule has 1 N–H and O–H groups in total. The molecule has 1 saturated heterocycles. The lowest BCUT2D eigenvalue weighted by molar-refractivity contribution is -0.121. The van der Waals surface area contributed by atoms with Gasteiger partial charge in [0, 0.05) is 30.2 Å². The standard InChI is InChI=1S/C26H23N3O2/c30-25(28-23-14-4-9-19-10-5-15-27-24(19)23)20-11-6-16-29(17-20)26(31)22-13-3-8-18-7-1-2-12-21(18)22/h1-5,7-10,12-15,20H,6,11,16-17H2,(H,28,30). The summed E-state index contributed by atoms with van der Waals surface area (Å²) in [5.41, 5.74) is 2.18. The maximum absolute atomic E-state index is 13.3. The molecule has 0 radical (unpaired) electrons. The zero-order valence-electron chi connectivity index (χ0n) is 17.1. The molecule has 1 atom stereocenters. The molecule has 5 heteroatoms. The van der Waals surface area contributed by atoms with Crippen molar-refractivity contribution >= 4 is 39.2 Å². The van der Waals surface area contributed by atoms with Gasteiger partial charge in [-0.3, -0.25) is 14.6 Å². The van der Waals surface area contributed by atoms with Crippen molar-refractivity contribution in [3.8, 4) is 0 Å². The highest BCUT2D eigenvalue weighted by Crippen LogP contribution is 2.26. The number of fused-ring (bicyclic) bond motifs is 2. The number of likely N-dealkylation sites (tertiary alicyclic amines) is 1. The number of pyridine rings is 1. The Kier molecular flexibility index (Phi) is 5.08. The molecule has 1 aliphatic heterocycles. The predicted molar refractivity (Wildman–Crippen MR) is 123 cm³/mol. The van der Waals surface area contributed by atoms with Gasteiger partial charge in [0.05, 0.1) is 17.1 Å². The van der Waals surface area contributed by atoms with Crippen LogP contribution in [0, 0.1) is 5.92 Å². The number of carbonyl (C=O) groups excluding carboxylic acids is 2. The minimum absolute atomic E-state index is 0.0128. The van der Waals surface area contributed by atoms with Gasteiger partial charge >= 0.3 is 0 Å². The van der Waals surface area contributed by atoms with Gasteiger partial charge in [0.1, 0.15) is 0 Å². The number of hydrogen-bond acceptors (Lipinski definition) is 3. The van der Waals surface area contributed by atoms with Gasteiger partial charge in [0.25, 0.3) is 5.91 Å². The predicted octanol–water partition coefficient (Wildman–Crippen LogP) is 4.88. The van der Waals surface area contributed by atoms with Crippen LogP contribution >= 0.6 is 0 Å². The van der Waals surface area contributed by atoms with E-state index in [9.17, 15) is 9.59 Å². The highest BCUT2D eigenvalue weighted by Gasteiger charge is 2.29. The van der Waals surface area contributed by atoms with Crippen LogP contribution in [0.4, 0.5) is 5.69 Å². The Morgan fingerprint density at radius 3 is 2.61 bits per heavy atom. The highest BCUT2D eigenvalue weighted by molar-refractivity contribution is 6.07. The van der Waals surface area contributed by atoms with Gasteiger partial charge in [-0.25, -0.2) is 0 Å². The van der Waals surface area contributed by atoms with Gasteiger partial charge in [-0.15, -0.1) is 0 Å². The maximum atomic E-state index is 13.3. The first kappa shape index (κ1) is 19.2. The second kappa shape index (κ2) is 8.19. The largest absolute Gasteiger partial charge is 0.338 e. The number of rotatable bonds is 3. The van der Waals surface area contributed by atoms with Crippen molar-refractivity contribution in [2.75, 3.05) is 18.4 Å². The summed E-state index contributed by atoms with van der Waals surface area (Å²) in [7, 11) is 0. The summed E-state index contributed by atoms with van der Waals surface area (Å²) < 4.78 is 0. The van der Waals surface area contributed by atoms with Crippen molar-refractivity contribution in [3.05, 3.63) is 84.6 Å². The molecule has 2 amide bonds. The Labute approximate surface area is 180 Å². The third-order valence-corrected chi connectivity index (χ3v) is 5.99. The minimum atomic E-state index is -0.244. The molecule has 3 aromatic carbocycles. The molecule has 0 bridgehead atoms. The molecule has 1 unspecified atom stereocenters. The molecule has 154 valence electrons. The van der Waals surface area contributed by atoms with E-state index in [1.54, 1.807) is 6.20 Å². The van der Waals surface area contributed by atoms with E-state index in [0.717, 1.165) is 34.5 Å². The summed E-state index contributed by atoms with van der Waals surface area (Å²) in [5, 5.41) is 6.02. The Morgan fingerprint density at radius 1 is 0.903 bits per heavy atom. The maximum Gasteiger partial charge on any atom is 0.254 e. The monoisotopic (exact) mass is 409 g/mol. The summed E-state index contributed by atoms with van der Waals surface area (Å²) in [6.45, 7) is 1.09. The fourth-order valence-corrected chi connectivity index (χ4v) is 4.40. The summed E-state index contributed by atoms with van der Waals surface area (Å²) in [6, 6.07) is 23.3. The number of amides is 2. The fraction of sp³-hybridized carbons (Fsp3) is 0.192. The number of aromatic nitrogens is 1. The second-order valence-corrected chi connectivity index (χ2v) is 7.99. The lowest BCUT2D eigenvalue weighted by atomic mass is 9.95. The number of nitrogens with one attached hydrogen (secondary N) is 1. The van der Waals surface area contributed by atoms with E-state index in [4.69, 9.17) is 0 Å². The molecule has 0 aliphatic carbocycles. The van der Waals surface area contributed by atoms with Gasteiger partial charge in [0.2, 0.25) is 5.91 Å². The molecule has 5 rings (SSSR count). The number of piperidine rings is 1. The van der Waals surface area contributed by atoms with Crippen molar-refractivity contribution in [2.45, 2.75) is 12.8 Å². The van der Waals surface area contributed by atoms with Crippen LogP contribution in [0.1, 0.15) is 23.2 Å². The topological polar surface area (TPSA) is 62.3 Å². The normalized spacial score (nSPS) is 16.4. The number of nitrogens with zero attached hydrogens (tertiary/aromatic N) is 2. The van der Waals surface area contributed by atoms with Crippen molar-refractivity contribution in [2.24, 2.45) is 5.92 Å². The van der Waals surface area contributed by atoms with E-state index in [2.05, 4.69) is 10.3 Å². The molecule has 2 heterocycles. The van der Waals surface area contributed by atoms with Gasteiger partial charge < -0.3 is 10.2 Å². The summed E-state index contributed by atoms with van der Waals surface area (Å²) in [5.74, 6) is -0.318. The average molecular weight is 409 g/mol. The summed E-state index contributed by atoms with van der Waals surface area (Å²) >= 11 is 0. The van der Waals surface area contributed by atoms with Crippen molar-refractivity contribution in [3.63, 3.8) is 0 Å². The quantitative estimate of drug-likeness (QED) is 0.525. The third kappa shape index (κ3) is 3.75. The van der Waals surface area contributed by atoms with Gasteiger partial charge in [-0.2, -0.15) is 0 Å². The van der Waals surface area contributed by atoms with E-state index < -0.39 is 0 Å². The summed E-state index contributed by atoms with van der Waals surface area (Å²) in [6.07, 6.45) is 3.30. The summed E-state index contributed by atoms with van der Waals surface area (Å²) in [4.78, 5) is 32.6. The first-order valence-electron chi connectivity index (χ1n) is 10.6. The van der Waals surface area contributed by atoms with Crippen LogP contribution in [0.15, 0.2) is 79.0 Å². The van der Waals surface area contributed by atoms with Crippen LogP contribution < -0.4 is 5.32 Å². The Bertz CT molecular complexity index is 1270. The SMILES string of the molecule is O=C(Nc1cccc2cccnc12)C1CCCN(C(=O)c2cccc3ccccc23)C1. The van der Waals surface area contributed by atoms with Gasteiger partial charge in [-0.05, 0) is 41.8 Å². The van der Waals surface area contributed by atoms with Crippen LogP contribution in [0.3, 0.4) is 0 Å². The minimum Gasteiger partial charge on any atom is -0.338 e. The molecule has 31 heavy (non-hydrogen) atoms. The van der Waals surface area contributed by atoms with E-state index >= 15 is 0 Å². The number of anilines is 1. The second-order valence-electron chi connectivity index (χ2n) is 7.99. The van der Waals surface area contributed by atoms with Gasteiger partial charge in [-0.1, -0.05) is 54.6 Å². The van der Waals surface area contributed by atoms with Crippen LogP contribution in [-0.2, 0) is 4.79 Å². The van der Waals surface area contributed by atoms with Crippen LogP contribution in [0.5, 0.6) is 0 Å². The molecular formula is C26H23N3O2. The van der Waals surface area contributed by atoms with Crippen molar-refractivity contribution in [1.82, 2.24) is 9.88 Å². The fourth-order valence-electron chi connectivity index (χ4n) is 4.40. The van der Waals surface area contributed by atoms with E-state index in [0.29, 0.717) is 24.3 Å². The van der Waals surface area contributed by atoms with E-state index in [-0.39, 0.29) is 17.7 Å². The molecule has 1 aliphatic rings. The van der Waals surface area contributed by atoms with Crippen LogP contribution in [-0.4, -0.2) is 34.8 Å². The molecular weight excluding hydrogens is 386 g/mol. The molecule has 5 nitrogen and oxygen atoms in total. The Morgan fingerprint density at radius 2 is 1.68 bits per heavy atom. The lowest BCUT2D eigenvalue weighted by Crippen LogP contribution is -2.43. The molecule has 0 spiro atoms. The highest BCUT2D eigenvalue weighted by atomic mass is 16.2. The molecule has 1 aromatic heterocycles. The lowest BCUT2D eigenvalue weighted by Gasteiger charge is -2.32. The van der Waals surface area contributed by atoms with E-state index in [1.165, 1.54) is 0 Å². The molecule has 0 saturated carbocycles. The Balaban J connectivity index is 1.35. The zero-order valence-corrected chi connectivity index (χ0v) is 17.1. The number of hydrogen-bond donors (Lipinski definition) is 1. The van der Waals surface area contributed by atoms with Gasteiger partial charge in [0.15, 0.2) is 0 Å². The van der Waals surface area contributed by atoms with E-state index in [1.807, 2.05) is 77.7 Å². The molecule has 1 fully saturated rings. The first-order valence-corrected chi connectivity index (χ1v) is 10.6. The van der Waals surface area contributed by atoms with Crippen LogP contribution in [0.2, 0.25) is 0 Å². The molecule has 4 aromatic rings. The Hall–Kier alpha value is -3.73. The number of carbonyl (C=O) groups is 2. The van der Waals surface area contributed by atoms with Crippen molar-refractivity contribution in [1.29, 1.82) is 0 Å². The van der Waals surface area contributed by atoms with Crippen LogP contribution in [0.25, 0.3) is 21.7 Å². The third-order valence-electron chi connectivity index (χ3n) is 5.99. The van der Waals surface area contributed by atoms with Crippen molar-refractivity contribution < 1.29 is 9.59 Å². The number of para-hydroxylation sites is 1. The number of benzene rings is 3.